The van der Waals surface area contributed by atoms with Crippen LogP contribution < -0.4 is 5.32 Å². The molecule has 88 valence electrons. The van der Waals surface area contributed by atoms with E-state index in [4.69, 9.17) is 0 Å². The third-order valence-electron chi connectivity index (χ3n) is 3.65. The van der Waals surface area contributed by atoms with Gasteiger partial charge >= 0.3 is 0 Å². The third kappa shape index (κ3) is 2.06. The van der Waals surface area contributed by atoms with Crippen molar-refractivity contribution in [1.29, 1.82) is 0 Å². The Morgan fingerprint density at radius 1 is 1.31 bits per heavy atom. The maximum Gasteiger partial charge on any atom is 0.0630 e. The second kappa shape index (κ2) is 4.30. The monoisotopic (exact) mass is 237 g/mol. The Morgan fingerprint density at radius 3 is 2.38 bits per heavy atom. The number of aliphatic hydroxyl groups is 1. The molecule has 3 heteroatoms. The molecule has 1 aliphatic carbocycles. The van der Waals surface area contributed by atoms with E-state index in [1.807, 2.05) is 0 Å². The van der Waals surface area contributed by atoms with E-state index in [0.29, 0.717) is 6.04 Å². The second-order valence-corrected chi connectivity index (χ2v) is 5.88. The van der Waals surface area contributed by atoms with Crippen molar-refractivity contribution >= 4 is 17.4 Å². The second-order valence-electron chi connectivity index (χ2n) is 5.00. The molecule has 0 spiro atoms. The van der Waals surface area contributed by atoms with Crippen molar-refractivity contribution in [2.45, 2.75) is 37.3 Å². The minimum absolute atomic E-state index is 0.0157. The van der Waals surface area contributed by atoms with Crippen LogP contribution in [0.15, 0.2) is 29.2 Å². The highest BCUT2D eigenvalue weighted by Gasteiger charge is 2.47. The summed E-state index contributed by atoms with van der Waals surface area (Å²) in [6.07, 6.45) is 2.75. The molecule has 1 aromatic carbocycles. The number of benzene rings is 1. The third-order valence-corrected chi connectivity index (χ3v) is 4.39. The summed E-state index contributed by atoms with van der Waals surface area (Å²) >= 11 is 1.75. The van der Waals surface area contributed by atoms with Gasteiger partial charge in [0.05, 0.1) is 6.10 Å². The van der Waals surface area contributed by atoms with E-state index in [9.17, 15) is 5.11 Å². The van der Waals surface area contributed by atoms with Crippen molar-refractivity contribution in [3.05, 3.63) is 24.3 Å². The fourth-order valence-corrected chi connectivity index (χ4v) is 2.44. The fraction of sp³-hybridized carbons (Fsp3) is 0.538. The number of thioether (sulfide) groups is 1. The quantitative estimate of drug-likeness (QED) is 0.793. The molecule has 0 saturated heterocycles. The van der Waals surface area contributed by atoms with Gasteiger partial charge in [-0.3, -0.25) is 0 Å². The highest BCUT2D eigenvalue weighted by atomic mass is 32.2. The summed E-state index contributed by atoms with van der Waals surface area (Å²) in [5.41, 5.74) is 1.13. The maximum atomic E-state index is 9.66. The SMILES string of the molecule is CSc1ccc(NC2CC(O)C2(C)C)cc1. The Hall–Kier alpha value is -0.670. The smallest absolute Gasteiger partial charge is 0.0630 e. The zero-order valence-electron chi connectivity index (χ0n) is 10.0. The van der Waals surface area contributed by atoms with Crippen LogP contribution in [0.1, 0.15) is 20.3 Å². The summed E-state index contributed by atoms with van der Waals surface area (Å²) in [5, 5.41) is 13.1. The molecule has 0 aliphatic heterocycles. The van der Waals surface area contributed by atoms with Gasteiger partial charge in [0, 0.05) is 22.0 Å². The molecule has 2 N–H and O–H groups in total. The van der Waals surface area contributed by atoms with Gasteiger partial charge in [0.25, 0.3) is 0 Å². The average Bonchev–Trinajstić information content (AvgIpc) is 2.29. The number of nitrogens with one attached hydrogen (secondary N) is 1. The largest absolute Gasteiger partial charge is 0.392 e. The zero-order valence-corrected chi connectivity index (χ0v) is 10.8. The van der Waals surface area contributed by atoms with E-state index in [0.717, 1.165) is 12.1 Å². The van der Waals surface area contributed by atoms with E-state index < -0.39 is 0 Å². The minimum atomic E-state index is -0.171. The topological polar surface area (TPSA) is 32.3 Å². The van der Waals surface area contributed by atoms with Gasteiger partial charge in [0.1, 0.15) is 0 Å². The fourth-order valence-electron chi connectivity index (χ4n) is 2.04. The average molecular weight is 237 g/mol. The predicted molar refractivity (Wildman–Crippen MR) is 70.0 cm³/mol. The van der Waals surface area contributed by atoms with Gasteiger partial charge < -0.3 is 10.4 Å². The van der Waals surface area contributed by atoms with Crippen LogP contribution in [-0.4, -0.2) is 23.5 Å². The van der Waals surface area contributed by atoms with Gasteiger partial charge in [0.2, 0.25) is 0 Å². The van der Waals surface area contributed by atoms with Crippen LogP contribution in [0.4, 0.5) is 5.69 Å². The summed E-state index contributed by atoms with van der Waals surface area (Å²) in [5.74, 6) is 0. The molecule has 1 aromatic rings. The molecule has 2 unspecified atom stereocenters. The van der Waals surface area contributed by atoms with E-state index in [2.05, 4.69) is 49.7 Å². The van der Waals surface area contributed by atoms with Crippen LogP contribution >= 0.6 is 11.8 Å². The summed E-state index contributed by atoms with van der Waals surface area (Å²) in [6.45, 7) is 4.21. The highest BCUT2D eigenvalue weighted by molar-refractivity contribution is 7.98. The first kappa shape index (κ1) is 11.8. The first-order valence-corrected chi connectivity index (χ1v) is 6.85. The van der Waals surface area contributed by atoms with E-state index in [1.165, 1.54) is 4.90 Å². The van der Waals surface area contributed by atoms with Crippen molar-refractivity contribution in [1.82, 2.24) is 0 Å². The lowest BCUT2D eigenvalue weighted by atomic mass is 9.64. The molecular formula is C13H19NOS. The normalized spacial score (nSPS) is 27.2. The van der Waals surface area contributed by atoms with Crippen LogP contribution in [0.25, 0.3) is 0 Å². The predicted octanol–water partition coefficient (Wildman–Crippen LogP) is 2.98. The molecule has 2 nitrogen and oxygen atoms in total. The van der Waals surface area contributed by atoms with Gasteiger partial charge in [-0.05, 0) is 36.9 Å². The van der Waals surface area contributed by atoms with Crippen molar-refractivity contribution in [3.8, 4) is 0 Å². The minimum Gasteiger partial charge on any atom is -0.392 e. The highest BCUT2D eigenvalue weighted by Crippen LogP contribution is 2.42. The standard InChI is InChI=1S/C13H19NOS/c1-13(2)11(8-12(13)15)14-9-4-6-10(16-3)7-5-9/h4-7,11-12,14-15H,8H2,1-3H3. The Balaban J connectivity index is 2.00. The number of rotatable bonds is 3. The molecule has 16 heavy (non-hydrogen) atoms. The molecule has 0 radical (unpaired) electrons. The van der Waals surface area contributed by atoms with Crippen molar-refractivity contribution < 1.29 is 5.11 Å². The van der Waals surface area contributed by atoms with Gasteiger partial charge in [-0.2, -0.15) is 0 Å². The molecule has 0 heterocycles. The van der Waals surface area contributed by atoms with Crippen LogP contribution in [0.2, 0.25) is 0 Å². The lowest BCUT2D eigenvalue weighted by Gasteiger charge is -2.49. The van der Waals surface area contributed by atoms with Crippen molar-refractivity contribution in [3.63, 3.8) is 0 Å². The van der Waals surface area contributed by atoms with Gasteiger partial charge in [-0.15, -0.1) is 11.8 Å². The van der Waals surface area contributed by atoms with Crippen molar-refractivity contribution in [2.75, 3.05) is 11.6 Å². The lowest BCUT2D eigenvalue weighted by Crippen LogP contribution is -2.56. The summed E-state index contributed by atoms with van der Waals surface area (Å²) in [6, 6.07) is 8.83. The molecule has 1 saturated carbocycles. The molecular weight excluding hydrogens is 218 g/mol. The lowest BCUT2D eigenvalue weighted by molar-refractivity contribution is -0.0510. The van der Waals surface area contributed by atoms with E-state index >= 15 is 0 Å². The molecule has 0 aromatic heterocycles. The van der Waals surface area contributed by atoms with Crippen LogP contribution in [-0.2, 0) is 0 Å². The molecule has 2 atom stereocenters. The molecule has 1 fully saturated rings. The van der Waals surface area contributed by atoms with Gasteiger partial charge in [-0.25, -0.2) is 0 Å². The number of aliphatic hydroxyl groups excluding tert-OH is 1. The van der Waals surface area contributed by atoms with Crippen molar-refractivity contribution in [2.24, 2.45) is 5.41 Å². The molecule has 1 aliphatic rings. The zero-order chi connectivity index (χ0) is 11.8. The Labute approximate surface area is 101 Å². The molecule has 2 rings (SSSR count). The van der Waals surface area contributed by atoms with Gasteiger partial charge in [0.15, 0.2) is 0 Å². The van der Waals surface area contributed by atoms with E-state index in [1.54, 1.807) is 11.8 Å². The summed E-state index contributed by atoms with van der Waals surface area (Å²) in [4.78, 5) is 1.28. The van der Waals surface area contributed by atoms with E-state index in [-0.39, 0.29) is 11.5 Å². The number of hydrogen-bond donors (Lipinski definition) is 2. The van der Waals surface area contributed by atoms with Gasteiger partial charge in [-0.1, -0.05) is 13.8 Å². The Bertz CT molecular complexity index is 361. The summed E-state index contributed by atoms with van der Waals surface area (Å²) in [7, 11) is 0. The summed E-state index contributed by atoms with van der Waals surface area (Å²) < 4.78 is 0. The molecule has 0 amide bonds. The number of anilines is 1. The number of hydrogen-bond acceptors (Lipinski definition) is 3. The van der Waals surface area contributed by atoms with Crippen LogP contribution in [0.3, 0.4) is 0 Å². The Morgan fingerprint density at radius 2 is 1.94 bits per heavy atom. The van der Waals surface area contributed by atoms with Crippen LogP contribution in [0, 0.1) is 5.41 Å². The molecule has 0 bridgehead atoms. The first-order valence-electron chi connectivity index (χ1n) is 5.62. The van der Waals surface area contributed by atoms with Crippen LogP contribution in [0.5, 0.6) is 0 Å². The maximum absolute atomic E-state index is 9.66. The Kier molecular flexibility index (Phi) is 3.17. The first-order chi connectivity index (χ1) is 7.54.